The third-order valence-electron chi connectivity index (χ3n) is 4.11. The smallest absolute Gasteiger partial charge is 0.307 e. The first kappa shape index (κ1) is 17.8. The highest BCUT2D eigenvalue weighted by Gasteiger charge is 2.35. The summed E-state index contributed by atoms with van der Waals surface area (Å²) in [5, 5.41) is 9.00. The van der Waals surface area contributed by atoms with Gasteiger partial charge >= 0.3 is 5.97 Å². The number of hydrogen-bond acceptors (Lipinski definition) is 4. The fourth-order valence-corrected chi connectivity index (χ4v) is 2.87. The molecule has 1 unspecified atom stereocenters. The molecule has 1 heterocycles. The number of hydrogen-bond donors (Lipinski definition) is 1. The van der Waals surface area contributed by atoms with E-state index in [1.807, 2.05) is 42.5 Å². The van der Waals surface area contributed by atoms with Crippen LogP contribution in [0.5, 0.6) is 11.5 Å². The number of rotatable bonds is 8. The molecular weight excluding hydrogens is 334 g/mol. The van der Waals surface area contributed by atoms with Crippen LogP contribution in [0.25, 0.3) is 0 Å². The highest BCUT2D eigenvalue weighted by Crippen LogP contribution is 2.34. The fraction of sp³-hybridized carbons (Fsp3) is 0.300. The fourth-order valence-electron chi connectivity index (χ4n) is 2.87. The number of carboxylic acid groups (broad SMARTS) is 1. The SMILES string of the molecule is O=C(O)CC1Oc2ccccc2N(CCCCOc2ccccc2)C1=O. The van der Waals surface area contributed by atoms with Crippen LogP contribution in [0.15, 0.2) is 54.6 Å². The summed E-state index contributed by atoms with van der Waals surface area (Å²) < 4.78 is 11.2. The number of unbranched alkanes of at least 4 members (excludes halogenated alkanes) is 1. The summed E-state index contributed by atoms with van der Waals surface area (Å²) in [5.41, 5.74) is 0.683. The van der Waals surface area contributed by atoms with Crippen LogP contribution in [-0.4, -0.2) is 36.2 Å². The Morgan fingerprint density at radius 3 is 2.58 bits per heavy atom. The van der Waals surface area contributed by atoms with E-state index in [1.165, 1.54) is 0 Å². The van der Waals surface area contributed by atoms with Crippen LogP contribution in [0.4, 0.5) is 5.69 Å². The lowest BCUT2D eigenvalue weighted by molar-refractivity contribution is -0.142. The molecule has 6 nitrogen and oxygen atoms in total. The number of carboxylic acids is 1. The molecule has 1 aliphatic heterocycles. The van der Waals surface area contributed by atoms with Gasteiger partial charge in [0.05, 0.1) is 18.7 Å². The largest absolute Gasteiger partial charge is 0.494 e. The van der Waals surface area contributed by atoms with Gasteiger partial charge in [-0.3, -0.25) is 9.59 Å². The van der Waals surface area contributed by atoms with E-state index in [-0.39, 0.29) is 12.3 Å². The van der Waals surface area contributed by atoms with Crippen LogP contribution >= 0.6 is 0 Å². The standard InChI is InChI=1S/C20H21NO5/c22-19(23)14-18-20(24)21(16-10-4-5-11-17(16)26-18)12-6-7-13-25-15-8-2-1-3-9-15/h1-5,8-11,18H,6-7,12-14H2,(H,22,23). The Balaban J connectivity index is 1.58. The Morgan fingerprint density at radius 1 is 1.08 bits per heavy atom. The van der Waals surface area contributed by atoms with Crippen LogP contribution in [0, 0.1) is 0 Å². The summed E-state index contributed by atoms with van der Waals surface area (Å²) in [4.78, 5) is 25.2. The molecule has 2 aromatic rings. The number of para-hydroxylation sites is 3. The molecule has 1 aliphatic rings. The minimum absolute atomic E-state index is 0.310. The van der Waals surface area contributed by atoms with Crippen LogP contribution in [0.2, 0.25) is 0 Å². The lowest BCUT2D eigenvalue weighted by Crippen LogP contribution is -2.47. The Bertz CT molecular complexity index is 762. The zero-order chi connectivity index (χ0) is 18.4. The quantitative estimate of drug-likeness (QED) is 0.736. The normalized spacial score (nSPS) is 15.9. The predicted octanol–water partition coefficient (Wildman–Crippen LogP) is 3.11. The van der Waals surface area contributed by atoms with Gasteiger partial charge in [0.15, 0.2) is 6.10 Å². The lowest BCUT2D eigenvalue weighted by atomic mass is 10.1. The highest BCUT2D eigenvalue weighted by atomic mass is 16.5. The molecule has 0 fully saturated rings. The number of fused-ring (bicyclic) bond motifs is 1. The van der Waals surface area contributed by atoms with Crippen molar-refractivity contribution in [1.82, 2.24) is 0 Å². The molecule has 1 amide bonds. The van der Waals surface area contributed by atoms with Gasteiger partial charge in [0.2, 0.25) is 0 Å². The third-order valence-corrected chi connectivity index (χ3v) is 4.11. The van der Waals surface area contributed by atoms with Crippen molar-refractivity contribution in [3.05, 3.63) is 54.6 Å². The maximum absolute atomic E-state index is 12.6. The minimum Gasteiger partial charge on any atom is -0.494 e. The van der Waals surface area contributed by atoms with Gasteiger partial charge in [-0.05, 0) is 37.1 Å². The van der Waals surface area contributed by atoms with E-state index >= 15 is 0 Å². The molecule has 0 spiro atoms. The molecule has 1 atom stereocenters. The summed E-state index contributed by atoms with van der Waals surface area (Å²) >= 11 is 0. The lowest BCUT2D eigenvalue weighted by Gasteiger charge is -2.33. The molecule has 136 valence electrons. The molecule has 0 aromatic heterocycles. The molecule has 0 aliphatic carbocycles. The van der Waals surface area contributed by atoms with Crippen LogP contribution in [0.1, 0.15) is 19.3 Å². The van der Waals surface area contributed by atoms with Gasteiger partial charge in [0.1, 0.15) is 11.5 Å². The molecule has 0 saturated carbocycles. The number of carbonyl (C=O) groups excluding carboxylic acids is 1. The molecule has 0 bridgehead atoms. The number of amides is 1. The van der Waals surface area contributed by atoms with E-state index in [1.54, 1.807) is 17.0 Å². The van der Waals surface area contributed by atoms with Crippen molar-refractivity contribution in [2.45, 2.75) is 25.4 Å². The average molecular weight is 355 g/mol. The maximum atomic E-state index is 12.6. The Kier molecular flexibility index (Phi) is 5.73. The average Bonchev–Trinajstić information content (AvgIpc) is 2.64. The van der Waals surface area contributed by atoms with Crippen molar-refractivity contribution in [3.8, 4) is 11.5 Å². The van der Waals surface area contributed by atoms with Crippen LogP contribution in [0.3, 0.4) is 0 Å². The number of nitrogens with zero attached hydrogens (tertiary/aromatic N) is 1. The van der Waals surface area contributed by atoms with Crippen molar-refractivity contribution in [1.29, 1.82) is 0 Å². The molecule has 0 saturated heterocycles. The molecule has 1 N–H and O–H groups in total. The topological polar surface area (TPSA) is 76.1 Å². The second-order valence-electron chi connectivity index (χ2n) is 6.03. The van der Waals surface area contributed by atoms with Gasteiger partial charge in [-0.1, -0.05) is 30.3 Å². The van der Waals surface area contributed by atoms with Gasteiger partial charge in [-0.15, -0.1) is 0 Å². The number of benzene rings is 2. The van der Waals surface area contributed by atoms with E-state index in [2.05, 4.69) is 0 Å². The summed E-state index contributed by atoms with van der Waals surface area (Å²) in [6.07, 6.45) is 0.196. The van der Waals surface area contributed by atoms with Gasteiger partial charge in [-0.2, -0.15) is 0 Å². The summed E-state index contributed by atoms with van der Waals surface area (Å²) in [5.74, 6) is -0.00489. The number of aliphatic carboxylic acids is 1. The predicted molar refractivity (Wildman–Crippen MR) is 96.6 cm³/mol. The van der Waals surface area contributed by atoms with Crippen molar-refractivity contribution in [2.24, 2.45) is 0 Å². The Morgan fingerprint density at radius 2 is 1.81 bits per heavy atom. The van der Waals surface area contributed by atoms with E-state index in [0.717, 1.165) is 18.6 Å². The first-order valence-electron chi connectivity index (χ1n) is 8.62. The van der Waals surface area contributed by atoms with Crippen molar-refractivity contribution < 1.29 is 24.2 Å². The Hall–Kier alpha value is -3.02. The van der Waals surface area contributed by atoms with E-state index < -0.39 is 12.1 Å². The van der Waals surface area contributed by atoms with E-state index in [0.29, 0.717) is 24.6 Å². The number of carbonyl (C=O) groups is 2. The minimum atomic E-state index is -1.06. The van der Waals surface area contributed by atoms with Crippen LogP contribution < -0.4 is 14.4 Å². The van der Waals surface area contributed by atoms with Crippen molar-refractivity contribution >= 4 is 17.6 Å². The van der Waals surface area contributed by atoms with Crippen molar-refractivity contribution in [2.75, 3.05) is 18.1 Å². The number of ether oxygens (including phenoxy) is 2. The molecule has 3 rings (SSSR count). The maximum Gasteiger partial charge on any atom is 0.307 e. The van der Waals surface area contributed by atoms with Gasteiger partial charge in [0.25, 0.3) is 5.91 Å². The van der Waals surface area contributed by atoms with Crippen LogP contribution in [-0.2, 0) is 9.59 Å². The zero-order valence-corrected chi connectivity index (χ0v) is 14.3. The molecular formula is C20H21NO5. The Labute approximate surface area is 152 Å². The first-order valence-corrected chi connectivity index (χ1v) is 8.62. The highest BCUT2D eigenvalue weighted by molar-refractivity contribution is 6.01. The third kappa shape index (κ3) is 4.33. The van der Waals surface area contributed by atoms with E-state index in [9.17, 15) is 9.59 Å². The summed E-state index contributed by atoms with van der Waals surface area (Å²) in [6, 6.07) is 16.8. The second kappa shape index (κ2) is 8.38. The summed E-state index contributed by atoms with van der Waals surface area (Å²) in [7, 11) is 0. The number of anilines is 1. The zero-order valence-electron chi connectivity index (χ0n) is 14.3. The van der Waals surface area contributed by atoms with E-state index in [4.69, 9.17) is 14.6 Å². The first-order chi connectivity index (χ1) is 12.6. The van der Waals surface area contributed by atoms with Gasteiger partial charge < -0.3 is 19.5 Å². The molecule has 2 aromatic carbocycles. The molecule has 0 radical (unpaired) electrons. The summed E-state index contributed by atoms with van der Waals surface area (Å²) in [6.45, 7) is 1.05. The van der Waals surface area contributed by atoms with Gasteiger partial charge in [-0.25, -0.2) is 0 Å². The van der Waals surface area contributed by atoms with Gasteiger partial charge in [0, 0.05) is 6.54 Å². The second-order valence-corrected chi connectivity index (χ2v) is 6.03. The molecule has 26 heavy (non-hydrogen) atoms. The van der Waals surface area contributed by atoms with Crippen molar-refractivity contribution in [3.63, 3.8) is 0 Å². The monoisotopic (exact) mass is 355 g/mol. The molecule has 6 heteroatoms.